The van der Waals surface area contributed by atoms with Crippen LogP contribution in [0.4, 0.5) is 0 Å². The Morgan fingerprint density at radius 3 is 2.50 bits per heavy atom. The zero-order valence-electron chi connectivity index (χ0n) is 9.20. The summed E-state index contributed by atoms with van der Waals surface area (Å²) in [5.74, 6) is -0.366. The molecule has 6 nitrogen and oxygen atoms in total. The Balaban J connectivity index is 3.24. The quantitative estimate of drug-likeness (QED) is 0.264. The van der Waals surface area contributed by atoms with Gasteiger partial charge in [-0.15, -0.1) is 0 Å². The number of nitrogens with one attached hydrogen (secondary N) is 2. The van der Waals surface area contributed by atoms with Crippen LogP contribution in [0.2, 0.25) is 0 Å². The molecule has 0 spiro atoms. The maximum atomic E-state index is 11.1. The molecule has 0 aliphatic rings. The van der Waals surface area contributed by atoms with E-state index in [-0.39, 0.29) is 18.1 Å². The van der Waals surface area contributed by atoms with Crippen LogP contribution < -0.4 is 5.32 Å². The summed E-state index contributed by atoms with van der Waals surface area (Å²) in [4.78, 5) is 11.1. The minimum Gasteiger partial charge on any atom is -0.394 e. The van der Waals surface area contributed by atoms with Crippen LogP contribution in [-0.2, 0) is 14.3 Å². The number of carbonyl (C=O) groups is 1. The fourth-order valence-electron chi connectivity index (χ4n) is 0.802. The lowest BCUT2D eigenvalue weighted by Crippen LogP contribution is -2.28. The molecule has 0 fully saturated rings. The minimum absolute atomic E-state index is 0.00178. The first kappa shape index (κ1) is 14.8. The van der Waals surface area contributed by atoms with Crippen molar-refractivity contribution in [3.63, 3.8) is 0 Å². The number of aliphatic hydroxyl groups excluding tert-OH is 1. The van der Waals surface area contributed by atoms with Gasteiger partial charge in [-0.25, -0.2) is 0 Å². The first-order valence-corrected chi connectivity index (χ1v) is 4.96. The van der Waals surface area contributed by atoms with Gasteiger partial charge in [-0.1, -0.05) is 6.58 Å². The molecule has 0 aromatic carbocycles. The third kappa shape index (κ3) is 8.10. The van der Waals surface area contributed by atoms with E-state index < -0.39 is 0 Å². The maximum absolute atomic E-state index is 11.1. The number of rotatable bonds is 10. The van der Waals surface area contributed by atoms with E-state index in [1.807, 2.05) is 0 Å². The fourth-order valence-corrected chi connectivity index (χ4v) is 0.802. The number of amides is 1. The summed E-state index contributed by atoms with van der Waals surface area (Å²) >= 11 is 0. The SMILES string of the molecule is C=C(C=N)C(=O)NCCOCCOCCO. The largest absolute Gasteiger partial charge is 0.394 e. The summed E-state index contributed by atoms with van der Waals surface area (Å²) in [5.41, 5.74) is 0.117. The molecule has 3 N–H and O–H groups in total. The number of carbonyl (C=O) groups excluding carboxylic acids is 1. The molecule has 16 heavy (non-hydrogen) atoms. The first-order chi connectivity index (χ1) is 7.72. The molecule has 0 heterocycles. The van der Waals surface area contributed by atoms with Crippen molar-refractivity contribution in [2.45, 2.75) is 0 Å². The van der Waals surface area contributed by atoms with E-state index >= 15 is 0 Å². The van der Waals surface area contributed by atoms with E-state index in [4.69, 9.17) is 20.0 Å². The Hall–Kier alpha value is -1.24. The predicted molar refractivity (Wildman–Crippen MR) is 59.7 cm³/mol. The Bertz CT molecular complexity index is 231. The number of hydrogen-bond donors (Lipinski definition) is 3. The van der Waals surface area contributed by atoms with Crippen molar-refractivity contribution in [2.75, 3.05) is 39.6 Å². The van der Waals surface area contributed by atoms with Gasteiger partial charge < -0.3 is 25.3 Å². The van der Waals surface area contributed by atoms with Crippen molar-refractivity contribution in [1.82, 2.24) is 5.32 Å². The zero-order chi connectivity index (χ0) is 12.2. The molecular weight excluding hydrogens is 212 g/mol. The second kappa shape index (κ2) is 10.3. The van der Waals surface area contributed by atoms with Crippen LogP contribution in [0.3, 0.4) is 0 Å². The van der Waals surface area contributed by atoms with Gasteiger partial charge in [-0.05, 0) is 0 Å². The van der Waals surface area contributed by atoms with Crippen molar-refractivity contribution in [1.29, 1.82) is 5.41 Å². The fraction of sp³-hybridized carbons (Fsp3) is 0.600. The summed E-state index contributed by atoms with van der Waals surface area (Å²) in [5, 5.41) is 17.7. The molecule has 6 heteroatoms. The normalized spacial score (nSPS) is 9.81. The standard InChI is InChI=1S/C10H18N2O4/c1-9(8-11)10(14)12-2-4-15-6-7-16-5-3-13/h8,11,13H,1-7H2,(H,12,14). The molecule has 0 radical (unpaired) electrons. The Morgan fingerprint density at radius 1 is 1.31 bits per heavy atom. The molecule has 0 atom stereocenters. The summed E-state index contributed by atoms with van der Waals surface area (Å²) in [7, 11) is 0. The molecule has 0 unspecified atom stereocenters. The van der Waals surface area contributed by atoms with Crippen LogP contribution in [0.5, 0.6) is 0 Å². The van der Waals surface area contributed by atoms with E-state index in [0.717, 1.165) is 6.21 Å². The second-order valence-corrected chi connectivity index (χ2v) is 2.87. The molecule has 0 rings (SSSR count). The highest BCUT2D eigenvalue weighted by molar-refractivity contribution is 6.10. The van der Waals surface area contributed by atoms with E-state index in [1.165, 1.54) is 0 Å². The third-order valence-corrected chi connectivity index (χ3v) is 1.61. The van der Waals surface area contributed by atoms with E-state index in [1.54, 1.807) is 0 Å². The van der Waals surface area contributed by atoms with Crippen LogP contribution in [0.15, 0.2) is 12.2 Å². The topological polar surface area (TPSA) is 91.6 Å². The highest BCUT2D eigenvalue weighted by Crippen LogP contribution is 1.83. The highest BCUT2D eigenvalue weighted by Gasteiger charge is 2.01. The molecule has 92 valence electrons. The molecule has 0 aromatic heterocycles. The summed E-state index contributed by atoms with van der Waals surface area (Å²) in [6.07, 6.45) is 0.902. The molecular formula is C10H18N2O4. The van der Waals surface area contributed by atoms with E-state index in [2.05, 4.69) is 11.9 Å². The van der Waals surface area contributed by atoms with Gasteiger partial charge in [0.25, 0.3) is 5.91 Å². The summed E-state index contributed by atoms with van der Waals surface area (Å²) in [6, 6.07) is 0. The third-order valence-electron chi connectivity index (χ3n) is 1.61. The average molecular weight is 230 g/mol. The number of aliphatic hydroxyl groups is 1. The van der Waals surface area contributed by atoms with Gasteiger partial charge >= 0.3 is 0 Å². The lowest BCUT2D eigenvalue weighted by molar-refractivity contribution is -0.117. The van der Waals surface area contributed by atoms with Gasteiger partial charge in [-0.3, -0.25) is 4.79 Å². The maximum Gasteiger partial charge on any atom is 0.252 e. The van der Waals surface area contributed by atoms with Crippen LogP contribution in [0.1, 0.15) is 0 Å². The van der Waals surface area contributed by atoms with Gasteiger partial charge in [0.05, 0.1) is 33.0 Å². The summed E-state index contributed by atoms with van der Waals surface area (Å²) < 4.78 is 10.1. The Labute approximate surface area is 94.8 Å². The van der Waals surface area contributed by atoms with E-state index in [0.29, 0.717) is 33.0 Å². The van der Waals surface area contributed by atoms with Crippen molar-refractivity contribution in [2.24, 2.45) is 0 Å². The molecule has 0 aliphatic heterocycles. The monoisotopic (exact) mass is 230 g/mol. The lowest BCUT2D eigenvalue weighted by atomic mass is 10.3. The van der Waals surface area contributed by atoms with Crippen molar-refractivity contribution < 1.29 is 19.4 Å². The van der Waals surface area contributed by atoms with Crippen molar-refractivity contribution in [3.05, 3.63) is 12.2 Å². The Kier molecular flexibility index (Phi) is 9.49. The van der Waals surface area contributed by atoms with Crippen molar-refractivity contribution in [3.8, 4) is 0 Å². The second-order valence-electron chi connectivity index (χ2n) is 2.87. The van der Waals surface area contributed by atoms with Gasteiger partial charge in [0, 0.05) is 18.3 Å². The van der Waals surface area contributed by atoms with Gasteiger partial charge in [0.2, 0.25) is 0 Å². The van der Waals surface area contributed by atoms with E-state index in [9.17, 15) is 4.79 Å². The summed E-state index contributed by atoms with van der Waals surface area (Å²) in [6.45, 7) is 5.27. The minimum atomic E-state index is -0.366. The van der Waals surface area contributed by atoms with Crippen LogP contribution >= 0.6 is 0 Å². The zero-order valence-corrected chi connectivity index (χ0v) is 9.20. The highest BCUT2D eigenvalue weighted by atomic mass is 16.5. The molecule has 0 saturated carbocycles. The molecule has 0 saturated heterocycles. The first-order valence-electron chi connectivity index (χ1n) is 4.96. The van der Waals surface area contributed by atoms with Crippen LogP contribution in [0.25, 0.3) is 0 Å². The van der Waals surface area contributed by atoms with Crippen LogP contribution in [-0.4, -0.2) is 56.8 Å². The van der Waals surface area contributed by atoms with Gasteiger partial charge in [0.1, 0.15) is 0 Å². The van der Waals surface area contributed by atoms with Gasteiger partial charge in [0.15, 0.2) is 0 Å². The van der Waals surface area contributed by atoms with Crippen LogP contribution in [0, 0.1) is 5.41 Å². The predicted octanol–water partition coefficient (Wildman–Crippen LogP) is -0.666. The molecule has 0 bridgehead atoms. The average Bonchev–Trinajstić information content (AvgIpc) is 2.31. The molecule has 1 amide bonds. The molecule has 0 aliphatic carbocycles. The number of ether oxygens (including phenoxy) is 2. The van der Waals surface area contributed by atoms with Crippen molar-refractivity contribution >= 4 is 12.1 Å². The lowest BCUT2D eigenvalue weighted by Gasteiger charge is -2.06. The smallest absolute Gasteiger partial charge is 0.252 e. The Morgan fingerprint density at radius 2 is 1.94 bits per heavy atom. The van der Waals surface area contributed by atoms with Gasteiger partial charge in [-0.2, -0.15) is 0 Å². The molecule has 0 aromatic rings. The number of hydrogen-bond acceptors (Lipinski definition) is 5.